The largest absolute Gasteiger partial charge is 0.379 e. The zero-order valence-electron chi connectivity index (χ0n) is 12.4. The van der Waals surface area contributed by atoms with Crippen LogP contribution in [0.2, 0.25) is 0 Å². The number of rotatable bonds is 4. The van der Waals surface area contributed by atoms with Crippen molar-refractivity contribution in [2.75, 3.05) is 39.4 Å². The molecule has 1 aliphatic carbocycles. The summed E-state index contributed by atoms with van der Waals surface area (Å²) in [6, 6.07) is 5.20. The van der Waals surface area contributed by atoms with Gasteiger partial charge in [-0.15, -0.1) is 0 Å². The molecule has 7 heteroatoms. The summed E-state index contributed by atoms with van der Waals surface area (Å²) >= 11 is 8.25. The van der Waals surface area contributed by atoms with Gasteiger partial charge in [0.25, 0.3) is 0 Å². The Morgan fingerprint density at radius 2 is 1.91 bits per heavy atom. The van der Waals surface area contributed by atoms with Crippen LogP contribution >= 0.6 is 34.2 Å². The fourth-order valence-electron chi connectivity index (χ4n) is 2.69. The highest BCUT2D eigenvalue weighted by Gasteiger charge is 2.31. The van der Waals surface area contributed by atoms with Crippen molar-refractivity contribution in [3.05, 3.63) is 43.6 Å². The topological polar surface area (TPSA) is 58.6 Å². The molecule has 0 bridgehead atoms. The van der Waals surface area contributed by atoms with Crippen LogP contribution in [0.4, 0.5) is 0 Å². The number of fused-ring (bicyclic) bond motifs is 1. The highest BCUT2D eigenvalue weighted by Crippen LogP contribution is 2.28. The summed E-state index contributed by atoms with van der Waals surface area (Å²) in [4.78, 5) is 27.2. The molecule has 0 unspecified atom stereocenters. The third kappa shape index (κ3) is 3.60. The second kappa shape index (κ2) is 7.29. The highest BCUT2D eigenvalue weighted by atomic mass is 127. The molecular formula is C16H16ClIN2O3. The third-order valence-corrected chi connectivity index (χ3v) is 4.98. The van der Waals surface area contributed by atoms with E-state index < -0.39 is 0 Å². The third-order valence-electron chi connectivity index (χ3n) is 3.95. The molecule has 0 saturated carbocycles. The van der Waals surface area contributed by atoms with Gasteiger partial charge in [0.1, 0.15) is 10.7 Å². The maximum absolute atomic E-state index is 12.6. The Balaban J connectivity index is 1.71. The average Bonchev–Trinajstić information content (AvgIpc) is 2.57. The van der Waals surface area contributed by atoms with Crippen molar-refractivity contribution < 1.29 is 14.3 Å². The normalized spacial score (nSPS) is 19.0. The van der Waals surface area contributed by atoms with E-state index in [1.807, 2.05) is 6.07 Å². The van der Waals surface area contributed by atoms with Gasteiger partial charge in [-0.25, -0.2) is 0 Å². The van der Waals surface area contributed by atoms with E-state index in [1.165, 1.54) is 0 Å². The van der Waals surface area contributed by atoms with Gasteiger partial charge in [-0.3, -0.25) is 14.5 Å². The molecule has 23 heavy (non-hydrogen) atoms. The molecular weight excluding hydrogens is 431 g/mol. The summed E-state index contributed by atoms with van der Waals surface area (Å²) in [5.41, 5.74) is 0.998. The van der Waals surface area contributed by atoms with Crippen LogP contribution in [-0.4, -0.2) is 55.9 Å². The van der Waals surface area contributed by atoms with Gasteiger partial charge in [0.15, 0.2) is 0 Å². The van der Waals surface area contributed by atoms with Crippen molar-refractivity contribution in [1.29, 1.82) is 0 Å². The molecule has 1 aromatic carbocycles. The van der Waals surface area contributed by atoms with Crippen LogP contribution in [0.15, 0.2) is 28.9 Å². The number of ketones is 2. The second-order valence-electron chi connectivity index (χ2n) is 5.42. The SMILES string of the molecule is O=C1C(Cl)=C(NCCN2CCOCC2)C(=O)c2ccc(I)cc21. The number of hydrogen-bond donors (Lipinski definition) is 1. The minimum Gasteiger partial charge on any atom is -0.379 e. The monoisotopic (exact) mass is 446 g/mol. The lowest BCUT2D eigenvalue weighted by Crippen LogP contribution is -2.41. The predicted molar refractivity (Wildman–Crippen MR) is 96.0 cm³/mol. The zero-order valence-corrected chi connectivity index (χ0v) is 15.3. The molecule has 1 aliphatic heterocycles. The van der Waals surface area contributed by atoms with Crippen LogP contribution in [-0.2, 0) is 4.74 Å². The molecule has 0 atom stereocenters. The van der Waals surface area contributed by atoms with Gasteiger partial charge < -0.3 is 10.1 Å². The Morgan fingerprint density at radius 1 is 1.17 bits per heavy atom. The number of hydrogen-bond acceptors (Lipinski definition) is 5. The Kier molecular flexibility index (Phi) is 5.35. The number of Topliss-reactive ketones (excluding diaryl/α,β-unsaturated/α-hetero) is 2. The zero-order chi connectivity index (χ0) is 16.4. The number of nitrogens with one attached hydrogen (secondary N) is 1. The first-order valence-electron chi connectivity index (χ1n) is 7.40. The van der Waals surface area contributed by atoms with Gasteiger partial charge >= 0.3 is 0 Å². The summed E-state index contributed by atoms with van der Waals surface area (Å²) in [5.74, 6) is -0.517. The lowest BCUT2D eigenvalue weighted by atomic mass is 9.92. The fraction of sp³-hybridized carbons (Fsp3) is 0.375. The van der Waals surface area contributed by atoms with Crippen LogP contribution in [0.1, 0.15) is 20.7 Å². The van der Waals surface area contributed by atoms with E-state index in [4.69, 9.17) is 16.3 Å². The number of ether oxygens (including phenoxy) is 1. The molecule has 0 aromatic heterocycles. The maximum Gasteiger partial charge on any atom is 0.211 e. The van der Waals surface area contributed by atoms with Crippen molar-refractivity contribution in [2.45, 2.75) is 0 Å². The summed E-state index contributed by atoms with van der Waals surface area (Å²) in [5, 5.41) is 3.03. The second-order valence-corrected chi connectivity index (χ2v) is 7.04. The number of nitrogens with zero attached hydrogens (tertiary/aromatic N) is 1. The Labute approximate surface area is 153 Å². The number of carbonyl (C=O) groups is 2. The van der Waals surface area contributed by atoms with Crippen LogP contribution < -0.4 is 5.32 Å². The standard InChI is InChI=1S/C16H16ClIN2O3/c17-13-14(19-3-4-20-5-7-23-8-6-20)16(22)11-2-1-10(18)9-12(11)15(13)21/h1-2,9,19H,3-8H2. The molecule has 1 N–H and O–H groups in total. The smallest absolute Gasteiger partial charge is 0.211 e. The van der Waals surface area contributed by atoms with E-state index in [2.05, 4.69) is 32.8 Å². The number of morpholine rings is 1. The van der Waals surface area contributed by atoms with Crippen LogP contribution in [0, 0.1) is 3.57 Å². The molecule has 0 radical (unpaired) electrons. The summed E-state index contributed by atoms with van der Waals surface area (Å²) in [6.45, 7) is 4.55. The molecule has 1 heterocycles. The summed E-state index contributed by atoms with van der Waals surface area (Å²) in [7, 11) is 0. The van der Waals surface area contributed by atoms with Gasteiger partial charge in [-0.2, -0.15) is 0 Å². The van der Waals surface area contributed by atoms with Gasteiger partial charge in [-0.05, 0) is 40.8 Å². The van der Waals surface area contributed by atoms with Crippen LogP contribution in [0.3, 0.4) is 0 Å². The van der Waals surface area contributed by atoms with Gasteiger partial charge in [-0.1, -0.05) is 11.6 Å². The quantitative estimate of drug-likeness (QED) is 0.718. The first-order valence-corrected chi connectivity index (χ1v) is 8.86. The van der Waals surface area contributed by atoms with E-state index in [1.54, 1.807) is 12.1 Å². The van der Waals surface area contributed by atoms with Gasteiger partial charge in [0.05, 0.1) is 13.2 Å². The predicted octanol–water partition coefficient (Wildman–Crippen LogP) is 2.04. The van der Waals surface area contributed by atoms with Crippen molar-refractivity contribution in [3.63, 3.8) is 0 Å². The van der Waals surface area contributed by atoms with Gasteiger partial charge in [0, 0.05) is 40.9 Å². The minimum absolute atomic E-state index is 0.0218. The number of halogens is 2. The molecule has 1 aromatic rings. The summed E-state index contributed by atoms with van der Waals surface area (Å²) in [6.07, 6.45) is 0. The number of allylic oxidation sites excluding steroid dienone is 2. The molecule has 3 rings (SSSR count). The fourth-order valence-corrected chi connectivity index (χ4v) is 3.44. The molecule has 0 spiro atoms. The molecule has 122 valence electrons. The Bertz CT molecular complexity index is 684. The lowest BCUT2D eigenvalue weighted by Gasteiger charge is -2.27. The summed E-state index contributed by atoms with van der Waals surface area (Å²) < 4.78 is 6.20. The van der Waals surface area contributed by atoms with E-state index in [-0.39, 0.29) is 22.3 Å². The van der Waals surface area contributed by atoms with E-state index >= 15 is 0 Å². The number of carbonyl (C=O) groups excluding carboxylic acids is 2. The molecule has 1 fully saturated rings. The van der Waals surface area contributed by atoms with Crippen LogP contribution in [0.25, 0.3) is 0 Å². The number of benzene rings is 1. The highest BCUT2D eigenvalue weighted by molar-refractivity contribution is 14.1. The molecule has 0 amide bonds. The first kappa shape index (κ1) is 16.9. The lowest BCUT2D eigenvalue weighted by molar-refractivity contribution is 0.0386. The van der Waals surface area contributed by atoms with E-state index in [0.29, 0.717) is 17.7 Å². The molecule has 2 aliphatic rings. The minimum atomic E-state index is -0.298. The maximum atomic E-state index is 12.6. The van der Waals surface area contributed by atoms with E-state index in [0.717, 1.165) is 36.4 Å². The first-order chi connectivity index (χ1) is 11.1. The van der Waals surface area contributed by atoms with Crippen LogP contribution in [0.5, 0.6) is 0 Å². The van der Waals surface area contributed by atoms with Crippen molar-refractivity contribution in [1.82, 2.24) is 10.2 Å². The van der Waals surface area contributed by atoms with Gasteiger partial charge in [0.2, 0.25) is 11.6 Å². The average molecular weight is 447 g/mol. The van der Waals surface area contributed by atoms with Crippen molar-refractivity contribution >= 4 is 45.8 Å². The Hall–Kier alpha value is -0.960. The van der Waals surface area contributed by atoms with E-state index in [9.17, 15) is 9.59 Å². The van der Waals surface area contributed by atoms with Crippen molar-refractivity contribution in [2.24, 2.45) is 0 Å². The molecule has 1 saturated heterocycles. The Morgan fingerprint density at radius 3 is 2.65 bits per heavy atom. The molecule has 5 nitrogen and oxygen atoms in total. The van der Waals surface area contributed by atoms with Crippen molar-refractivity contribution in [3.8, 4) is 0 Å².